The largest absolute Gasteiger partial charge is 0.418 e. The van der Waals surface area contributed by atoms with Crippen molar-refractivity contribution < 1.29 is 27.5 Å². The highest BCUT2D eigenvalue weighted by molar-refractivity contribution is 6.03. The Morgan fingerprint density at radius 3 is 2.48 bits per heavy atom. The molecule has 1 aromatic rings. The van der Waals surface area contributed by atoms with Crippen LogP contribution in [-0.2, 0) is 20.5 Å². The van der Waals surface area contributed by atoms with E-state index in [1.807, 2.05) is 0 Å². The number of nitrogens with one attached hydrogen (secondary N) is 1. The van der Waals surface area contributed by atoms with E-state index < -0.39 is 17.6 Å². The van der Waals surface area contributed by atoms with Gasteiger partial charge in [-0.25, -0.2) is 0 Å². The topological polar surface area (TPSA) is 58.6 Å². The number of Topliss-reactive ketones (excluding diaryl/α,β-unsaturated/α-hetero) is 1. The van der Waals surface area contributed by atoms with E-state index in [4.69, 9.17) is 4.74 Å². The maximum atomic E-state index is 13.3. The van der Waals surface area contributed by atoms with E-state index in [-0.39, 0.29) is 23.6 Å². The number of anilines is 2. The molecule has 0 aliphatic carbocycles. The number of benzene rings is 1. The molecule has 0 radical (unpaired) electrons. The molecule has 2 rings (SSSR count). The van der Waals surface area contributed by atoms with Crippen molar-refractivity contribution in [2.75, 3.05) is 36.5 Å². The fraction of sp³-hybridized carbons (Fsp3) is 0.467. The van der Waals surface area contributed by atoms with Gasteiger partial charge in [-0.15, -0.1) is 0 Å². The van der Waals surface area contributed by atoms with Gasteiger partial charge in [0.15, 0.2) is 0 Å². The van der Waals surface area contributed by atoms with Crippen molar-refractivity contribution >= 4 is 23.1 Å². The standard InChI is InChI=1S/C15H17F3N2O3/c1-10(21)8-14(22)19-11-2-3-13(12(9-11)15(16,17)18)20-4-6-23-7-5-20/h2-3,9H,4-8H2,1H3,(H,19,22). The van der Waals surface area contributed by atoms with Crippen molar-refractivity contribution in [2.45, 2.75) is 19.5 Å². The van der Waals surface area contributed by atoms with Gasteiger partial charge in [0.2, 0.25) is 5.91 Å². The zero-order chi connectivity index (χ0) is 17.0. The molecule has 0 unspecified atom stereocenters. The summed E-state index contributed by atoms with van der Waals surface area (Å²) in [6.07, 6.45) is -4.92. The first kappa shape index (κ1) is 17.3. The van der Waals surface area contributed by atoms with Crippen LogP contribution in [0.4, 0.5) is 24.5 Å². The Kier molecular flexibility index (Phi) is 5.25. The lowest BCUT2D eigenvalue weighted by atomic mass is 10.1. The minimum atomic E-state index is -4.55. The van der Waals surface area contributed by atoms with Gasteiger partial charge in [-0.3, -0.25) is 9.59 Å². The average Bonchev–Trinajstić information content (AvgIpc) is 2.46. The molecule has 1 N–H and O–H groups in total. The molecule has 0 spiro atoms. The van der Waals surface area contributed by atoms with Crippen LogP contribution in [0.3, 0.4) is 0 Å². The normalized spacial score (nSPS) is 15.4. The SMILES string of the molecule is CC(=O)CC(=O)Nc1ccc(N2CCOCC2)c(C(F)(F)F)c1. The van der Waals surface area contributed by atoms with Gasteiger partial charge in [0, 0.05) is 24.5 Å². The molecule has 23 heavy (non-hydrogen) atoms. The van der Waals surface area contributed by atoms with Crippen LogP contribution in [0.1, 0.15) is 18.9 Å². The summed E-state index contributed by atoms with van der Waals surface area (Å²) in [5.74, 6) is -0.992. The Labute approximate surface area is 131 Å². The lowest BCUT2D eigenvalue weighted by Gasteiger charge is -2.31. The molecule has 0 bridgehead atoms. The number of alkyl halides is 3. The first-order valence-corrected chi connectivity index (χ1v) is 7.10. The predicted molar refractivity (Wildman–Crippen MR) is 78.4 cm³/mol. The number of nitrogens with zero attached hydrogens (tertiary/aromatic N) is 1. The van der Waals surface area contributed by atoms with E-state index in [0.29, 0.717) is 26.3 Å². The molecule has 0 atom stereocenters. The van der Waals surface area contributed by atoms with Gasteiger partial charge in [-0.05, 0) is 25.1 Å². The van der Waals surface area contributed by atoms with E-state index in [2.05, 4.69) is 5.32 Å². The van der Waals surface area contributed by atoms with Gasteiger partial charge in [-0.2, -0.15) is 13.2 Å². The summed E-state index contributed by atoms with van der Waals surface area (Å²) in [7, 11) is 0. The van der Waals surface area contributed by atoms with Gasteiger partial charge in [0.1, 0.15) is 5.78 Å². The zero-order valence-electron chi connectivity index (χ0n) is 12.6. The highest BCUT2D eigenvalue weighted by Gasteiger charge is 2.35. The van der Waals surface area contributed by atoms with Gasteiger partial charge >= 0.3 is 6.18 Å². The number of carbonyl (C=O) groups excluding carboxylic acids is 2. The smallest absolute Gasteiger partial charge is 0.378 e. The zero-order valence-corrected chi connectivity index (χ0v) is 12.6. The van der Waals surface area contributed by atoms with Gasteiger partial charge in [-0.1, -0.05) is 0 Å². The number of rotatable bonds is 4. The van der Waals surface area contributed by atoms with E-state index in [9.17, 15) is 22.8 Å². The number of hydrogen-bond acceptors (Lipinski definition) is 4. The molecule has 5 nitrogen and oxygen atoms in total. The molecule has 0 saturated carbocycles. The van der Waals surface area contributed by atoms with Crippen LogP contribution in [-0.4, -0.2) is 38.0 Å². The molecule has 8 heteroatoms. The van der Waals surface area contributed by atoms with Crippen LogP contribution in [0.5, 0.6) is 0 Å². The quantitative estimate of drug-likeness (QED) is 0.862. The second-order valence-corrected chi connectivity index (χ2v) is 5.26. The molecule has 1 aliphatic heterocycles. The summed E-state index contributed by atoms with van der Waals surface area (Å²) in [5.41, 5.74) is -0.744. The maximum absolute atomic E-state index is 13.3. The van der Waals surface area contributed by atoms with Crippen molar-refractivity contribution in [1.29, 1.82) is 0 Å². The van der Waals surface area contributed by atoms with Crippen LogP contribution >= 0.6 is 0 Å². The fourth-order valence-electron chi connectivity index (χ4n) is 2.35. The Morgan fingerprint density at radius 2 is 1.91 bits per heavy atom. The number of amides is 1. The Balaban J connectivity index is 2.27. The number of halogens is 3. The van der Waals surface area contributed by atoms with E-state index in [1.54, 1.807) is 4.90 Å². The van der Waals surface area contributed by atoms with Gasteiger partial charge < -0.3 is 15.0 Å². The molecular weight excluding hydrogens is 313 g/mol. The lowest BCUT2D eigenvalue weighted by Crippen LogP contribution is -2.37. The second-order valence-electron chi connectivity index (χ2n) is 5.26. The first-order valence-electron chi connectivity index (χ1n) is 7.10. The van der Waals surface area contributed by atoms with Crippen molar-refractivity contribution in [3.8, 4) is 0 Å². The van der Waals surface area contributed by atoms with Crippen molar-refractivity contribution in [3.05, 3.63) is 23.8 Å². The molecule has 0 aromatic heterocycles. The molecule has 1 heterocycles. The number of ketones is 1. The summed E-state index contributed by atoms with van der Waals surface area (Å²) in [6, 6.07) is 3.62. The number of hydrogen-bond donors (Lipinski definition) is 1. The summed E-state index contributed by atoms with van der Waals surface area (Å²) in [6.45, 7) is 2.73. The Morgan fingerprint density at radius 1 is 1.26 bits per heavy atom. The summed E-state index contributed by atoms with van der Waals surface area (Å²) in [4.78, 5) is 24.0. The fourth-order valence-corrected chi connectivity index (χ4v) is 2.35. The van der Waals surface area contributed by atoms with Gasteiger partial charge in [0.25, 0.3) is 0 Å². The third kappa shape index (κ3) is 4.69. The third-order valence-electron chi connectivity index (χ3n) is 3.35. The summed E-state index contributed by atoms with van der Waals surface area (Å²) < 4.78 is 45.1. The highest BCUT2D eigenvalue weighted by atomic mass is 19.4. The number of morpholine rings is 1. The minimum Gasteiger partial charge on any atom is -0.378 e. The molecule has 1 fully saturated rings. The first-order chi connectivity index (χ1) is 10.8. The van der Waals surface area contributed by atoms with Crippen molar-refractivity contribution in [3.63, 3.8) is 0 Å². The monoisotopic (exact) mass is 330 g/mol. The van der Waals surface area contributed by atoms with Crippen molar-refractivity contribution in [2.24, 2.45) is 0 Å². The number of ether oxygens (including phenoxy) is 1. The predicted octanol–water partition coefficient (Wildman–Crippen LogP) is 2.46. The molecule has 1 aliphatic rings. The van der Waals surface area contributed by atoms with Crippen LogP contribution < -0.4 is 10.2 Å². The Hall–Kier alpha value is -2.09. The second kappa shape index (κ2) is 6.99. The minimum absolute atomic E-state index is 0.0144. The van der Waals surface area contributed by atoms with E-state index in [1.165, 1.54) is 19.1 Å². The third-order valence-corrected chi connectivity index (χ3v) is 3.35. The van der Waals surface area contributed by atoms with E-state index >= 15 is 0 Å². The summed E-state index contributed by atoms with van der Waals surface area (Å²) in [5, 5.41) is 2.31. The van der Waals surface area contributed by atoms with Crippen LogP contribution in [0.15, 0.2) is 18.2 Å². The molecule has 1 aromatic carbocycles. The maximum Gasteiger partial charge on any atom is 0.418 e. The van der Waals surface area contributed by atoms with Crippen molar-refractivity contribution in [1.82, 2.24) is 0 Å². The number of carbonyl (C=O) groups is 2. The lowest BCUT2D eigenvalue weighted by molar-refractivity contribution is -0.137. The molecular formula is C15H17F3N2O3. The van der Waals surface area contributed by atoms with E-state index in [0.717, 1.165) is 6.07 Å². The van der Waals surface area contributed by atoms with Crippen LogP contribution in [0, 0.1) is 0 Å². The molecule has 126 valence electrons. The van der Waals surface area contributed by atoms with Crippen LogP contribution in [0.2, 0.25) is 0 Å². The molecule has 1 saturated heterocycles. The van der Waals surface area contributed by atoms with Crippen LogP contribution in [0.25, 0.3) is 0 Å². The summed E-state index contributed by atoms with van der Waals surface area (Å²) >= 11 is 0. The Bertz CT molecular complexity index is 596. The average molecular weight is 330 g/mol. The molecule has 1 amide bonds. The highest BCUT2D eigenvalue weighted by Crippen LogP contribution is 2.38. The van der Waals surface area contributed by atoms with Gasteiger partial charge in [0.05, 0.1) is 25.2 Å².